The van der Waals surface area contributed by atoms with Crippen molar-refractivity contribution < 1.29 is 10.2 Å². The fourth-order valence-corrected chi connectivity index (χ4v) is 2.61. The van der Waals surface area contributed by atoms with E-state index in [1.807, 2.05) is 19.1 Å². The van der Waals surface area contributed by atoms with Crippen LogP contribution < -0.4 is 0 Å². The molecule has 1 atom stereocenters. The van der Waals surface area contributed by atoms with Crippen molar-refractivity contribution in [3.05, 3.63) is 77.9 Å². The van der Waals surface area contributed by atoms with Gasteiger partial charge in [-0.25, -0.2) is 4.98 Å². The molecule has 0 unspecified atom stereocenters. The van der Waals surface area contributed by atoms with Crippen LogP contribution in [0.25, 0.3) is 0 Å². The Morgan fingerprint density at radius 3 is 2.12 bits per heavy atom. The van der Waals surface area contributed by atoms with Gasteiger partial charge >= 0.3 is 0 Å². The molecule has 0 aliphatic rings. The molecule has 122 valence electrons. The Hall–Kier alpha value is -3.08. The second-order valence-corrected chi connectivity index (χ2v) is 5.64. The molecule has 24 heavy (non-hydrogen) atoms. The Bertz CT molecular complexity index is 794. The van der Waals surface area contributed by atoms with E-state index < -0.39 is 0 Å². The first kappa shape index (κ1) is 15.8. The van der Waals surface area contributed by atoms with Gasteiger partial charge < -0.3 is 15.2 Å². The van der Waals surface area contributed by atoms with Gasteiger partial charge in [0.25, 0.3) is 0 Å². The van der Waals surface area contributed by atoms with Crippen molar-refractivity contribution in [2.75, 3.05) is 0 Å². The average molecular weight is 321 g/mol. The molecule has 0 bridgehead atoms. The van der Waals surface area contributed by atoms with Crippen molar-refractivity contribution in [3.63, 3.8) is 0 Å². The number of phenolic OH excluding ortho intramolecular Hbond substituents is 2. The number of hydrogen-bond donors (Lipinski definition) is 3. The van der Waals surface area contributed by atoms with E-state index in [1.165, 1.54) is 0 Å². The number of nitrogens with one attached hydrogen (secondary N) is 1. The van der Waals surface area contributed by atoms with Gasteiger partial charge in [-0.3, -0.25) is 4.99 Å². The van der Waals surface area contributed by atoms with Crippen LogP contribution in [0.2, 0.25) is 0 Å². The minimum atomic E-state index is -0.0559. The van der Waals surface area contributed by atoms with E-state index in [0.717, 1.165) is 5.69 Å². The smallest absolute Gasteiger partial charge is 0.124 e. The van der Waals surface area contributed by atoms with Gasteiger partial charge in [0, 0.05) is 29.4 Å². The number of aromatic amines is 1. The quantitative estimate of drug-likeness (QED) is 0.631. The number of imidazole rings is 1. The van der Waals surface area contributed by atoms with Crippen LogP contribution in [0.4, 0.5) is 0 Å². The highest BCUT2D eigenvalue weighted by atomic mass is 16.3. The third kappa shape index (κ3) is 3.46. The zero-order valence-electron chi connectivity index (χ0n) is 13.3. The molecule has 2 aromatic carbocycles. The third-order valence-corrected chi connectivity index (χ3v) is 3.74. The molecule has 0 spiro atoms. The summed E-state index contributed by atoms with van der Waals surface area (Å²) in [5.41, 5.74) is 2.74. The topological polar surface area (TPSA) is 81.5 Å². The van der Waals surface area contributed by atoms with Gasteiger partial charge in [-0.05, 0) is 31.2 Å². The molecular formula is C19H19N3O2. The molecule has 1 heterocycles. The largest absolute Gasteiger partial charge is 0.507 e. The van der Waals surface area contributed by atoms with Crippen molar-refractivity contribution >= 4 is 5.71 Å². The van der Waals surface area contributed by atoms with Crippen molar-refractivity contribution in [2.24, 2.45) is 4.99 Å². The fourth-order valence-electron chi connectivity index (χ4n) is 2.61. The van der Waals surface area contributed by atoms with E-state index in [2.05, 4.69) is 9.97 Å². The van der Waals surface area contributed by atoms with Gasteiger partial charge in [0.2, 0.25) is 0 Å². The van der Waals surface area contributed by atoms with Crippen molar-refractivity contribution in [2.45, 2.75) is 19.4 Å². The van der Waals surface area contributed by atoms with Gasteiger partial charge in [0.1, 0.15) is 11.5 Å². The van der Waals surface area contributed by atoms with Crippen LogP contribution in [0.15, 0.2) is 66.0 Å². The number of hydrogen-bond acceptors (Lipinski definition) is 4. The number of nitrogens with zero attached hydrogens (tertiary/aromatic N) is 2. The number of benzene rings is 2. The maximum atomic E-state index is 10.2. The maximum absolute atomic E-state index is 10.2. The Labute approximate surface area is 140 Å². The summed E-state index contributed by atoms with van der Waals surface area (Å²) in [6.45, 7) is 1.99. The minimum absolute atomic E-state index is 0.0559. The molecule has 5 heteroatoms. The van der Waals surface area contributed by atoms with Crippen LogP contribution in [0.3, 0.4) is 0 Å². The molecule has 0 amide bonds. The first-order chi connectivity index (χ1) is 11.6. The first-order valence-corrected chi connectivity index (χ1v) is 7.77. The van der Waals surface area contributed by atoms with Gasteiger partial charge in [0.15, 0.2) is 0 Å². The molecule has 3 N–H and O–H groups in total. The molecule has 0 aliphatic heterocycles. The molecule has 3 aromatic rings. The Balaban J connectivity index is 2.03. The van der Waals surface area contributed by atoms with Crippen molar-refractivity contribution in [1.29, 1.82) is 0 Å². The lowest BCUT2D eigenvalue weighted by Crippen LogP contribution is -2.12. The molecule has 0 aliphatic carbocycles. The zero-order chi connectivity index (χ0) is 16.9. The lowest BCUT2D eigenvalue weighted by atomic mass is 9.99. The summed E-state index contributed by atoms with van der Waals surface area (Å²) in [4.78, 5) is 11.8. The summed E-state index contributed by atoms with van der Waals surface area (Å²) in [6, 6.07) is 14.0. The van der Waals surface area contributed by atoms with Crippen molar-refractivity contribution in [1.82, 2.24) is 9.97 Å². The third-order valence-electron chi connectivity index (χ3n) is 3.74. The zero-order valence-corrected chi connectivity index (χ0v) is 13.3. The summed E-state index contributed by atoms with van der Waals surface area (Å²) in [6.07, 6.45) is 4.09. The summed E-state index contributed by atoms with van der Waals surface area (Å²) in [7, 11) is 0. The van der Waals surface area contributed by atoms with Crippen LogP contribution >= 0.6 is 0 Å². The van der Waals surface area contributed by atoms with E-state index in [0.29, 0.717) is 23.3 Å². The molecule has 1 aromatic heterocycles. The number of aromatic hydroxyl groups is 2. The number of phenols is 2. The number of para-hydroxylation sites is 2. The highest BCUT2D eigenvalue weighted by Crippen LogP contribution is 2.26. The predicted molar refractivity (Wildman–Crippen MR) is 93.6 cm³/mol. The highest BCUT2D eigenvalue weighted by Gasteiger charge is 2.16. The van der Waals surface area contributed by atoms with E-state index in [4.69, 9.17) is 4.99 Å². The summed E-state index contributed by atoms with van der Waals surface area (Å²) in [5.74, 6) is 0.265. The normalized spacial score (nSPS) is 11.9. The van der Waals surface area contributed by atoms with Crippen LogP contribution in [-0.4, -0.2) is 31.9 Å². The number of aromatic nitrogens is 2. The predicted octanol–water partition coefficient (Wildman–Crippen LogP) is 3.29. The molecule has 0 saturated carbocycles. The standard InChI is InChI=1S/C19H19N3O2/c1-13(10-14-11-20-12-21-14)22-19(15-6-2-4-8-17(15)23)16-7-3-5-9-18(16)24/h2-9,11-13,23-24H,10H2,1H3,(H,20,21)/t13-/m1/s1. The van der Waals surface area contributed by atoms with E-state index in [1.54, 1.807) is 48.9 Å². The van der Waals surface area contributed by atoms with Gasteiger partial charge in [-0.2, -0.15) is 0 Å². The second kappa shape index (κ2) is 7.00. The Morgan fingerprint density at radius 1 is 1.04 bits per heavy atom. The van der Waals surface area contributed by atoms with Crippen LogP contribution in [0.1, 0.15) is 23.7 Å². The molecule has 0 fully saturated rings. The van der Waals surface area contributed by atoms with E-state index in [-0.39, 0.29) is 17.5 Å². The first-order valence-electron chi connectivity index (χ1n) is 7.77. The lowest BCUT2D eigenvalue weighted by molar-refractivity contribution is 0.472. The van der Waals surface area contributed by atoms with Crippen LogP contribution in [0, 0.1) is 0 Å². The average Bonchev–Trinajstić information content (AvgIpc) is 3.07. The summed E-state index contributed by atoms with van der Waals surface area (Å²) in [5, 5.41) is 20.4. The maximum Gasteiger partial charge on any atom is 0.124 e. The molecular weight excluding hydrogens is 302 g/mol. The monoisotopic (exact) mass is 321 g/mol. The van der Waals surface area contributed by atoms with Crippen LogP contribution in [0.5, 0.6) is 11.5 Å². The SMILES string of the molecule is C[C@H](Cc1cnc[nH]1)N=C(c1ccccc1O)c1ccccc1O. The van der Waals surface area contributed by atoms with E-state index in [9.17, 15) is 10.2 Å². The molecule has 0 radical (unpaired) electrons. The highest BCUT2D eigenvalue weighted by molar-refractivity contribution is 6.15. The molecule has 3 rings (SSSR count). The number of aliphatic imine (C=N–C) groups is 1. The Kier molecular flexibility index (Phi) is 4.61. The lowest BCUT2D eigenvalue weighted by Gasteiger charge is -2.14. The van der Waals surface area contributed by atoms with E-state index >= 15 is 0 Å². The van der Waals surface area contributed by atoms with Gasteiger partial charge in [-0.15, -0.1) is 0 Å². The van der Waals surface area contributed by atoms with Gasteiger partial charge in [-0.1, -0.05) is 24.3 Å². The minimum Gasteiger partial charge on any atom is -0.507 e. The second-order valence-electron chi connectivity index (χ2n) is 5.64. The van der Waals surface area contributed by atoms with Crippen molar-refractivity contribution in [3.8, 4) is 11.5 Å². The molecule has 5 nitrogen and oxygen atoms in total. The fraction of sp³-hybridized carbons (Fsp3) is 0.158. The van der Waals surface area contributed by atoms with Crippen LogP contribution in [-0.2, 0) is 6.42 Å². The number of rotatable bonds is 5. The van der Waals surface area contributed by atoms with Gasteiger partial charge in [0.05, 0.1) is 18.1 Å². The summed E-state index contributed by atoms with van der Waals surface area (Å²) >= 11 is 0. The Morgan fingerprint density at radius 2 is 1.62 bits per heavy atom. The summed E-state index contributed by atoms with van der Waals surface area (Å²) < 4.78 is 0. The molecule has 0 saturated heterocycles. The number of H-pyrrole nitrogens is 1.